The summed E-state index contributed by atoms with van der Waals surface area (Å²) in [5.41, 5.74) is 7.14. The van der Waals surface area contributed by atoms with Crippen LogP contribution < -0.4 is 10.5 Å². The predicted molar refractivity (Wildman–Crippen MR) is 68.4 cm³/mol. The highest BCUT2D eigenvalue weighted by molar-refractivity contribution is 5.72. The summed E-state index contributed by atoms with van der Waals surface area (Å²) in [4.78, 5) is 4.14. The van der Waals surface area contributed by atoms with Crippen LogP contribution in [0.25, 0.3) is 11.1 Å². The van der Waals surface area contributed by atoms with Crippen molar-refractivity contribution in [3.63, 3.8) is 0 Å². The lowest BCUT2D eigenvalue weighted by Gasteiger charge is -2.03. The zero-order valence-corrected chi connectivity index (χ0v) is 9.97. The molecule has 1 aromatic heterocycles. The molecule has 0 aliphatic rings. The van der Waals surface area contributed by atoms with Crippen LogP contribution in [0.15, 0.2) is 46.9 Å². The average molecular weight is 258 g/mol. The molecule has 3 aromatic rings. The van der Waals surface area contributed by atoms with Crippen molar-refractivity contribution in [2.45, 2.75) is 6.54 Å². The van der Waals surface area contributed by atoms with Gasteiger partial charge in [-0.15, -0.1) is 0 Å². The summed E-state index contributed by atoms with van der Waals surface area (Å²) in [6, 6.07) is 11.7. The van der Waals surface area contributed by atoms with Gasteiger partial charge in [-0.3, -0.25) is 0 Å². The van der Waals surface area contributed by atoms with E-state index < -0.39 is 5.82 Å². The summed E-state index contributed by atoms with van der Waals surface area (Å²) in [5, 5.41) is 0. The fraction of sp³-hybridized carbons (Fsp3) is 0.0714. The lowest BCUT2D eigenvalue weighted by molar-refractivity contribution is 0.341. The van der Waals surface area contributed by atoms with E-state index in [1.165, 1.54) is 6.07 Å². The molecule has 96 valence electrons. The van der Waals surface area contributed by atoms with E-state index in [2.05, 4.69) is 4.98 Å². The normalized spacial score (nSPS) is 10.8. The summed E-state index contributed by atoms with van der Waals surface area (Å²) < 4.78 is 24.3. The Bertz CT molecular complexity index is 691. The topological polar surface area (TPSA) is 61.3 Å². The van der Waals surface area contributed by atoms with Crippen LogP contribution in [0.2, 0.25) is 0 Å². The van der Waals surface area contributed by atoms with Crippen molar-refractivity contribution >= 4 is 11.1 Å². The van der Waals surface area contributed by atoms with Gasteiger partial charge in [-0.1, -0.05) is 18.2 Å². The minimum Gasteiger partial charge on any atom is -0.411 e. The molecule has 0 fully saturated rings. The average Bonchev–Trinajstić information content (AvgIpc) is 2.81. The molecule has 5 heteroatoms. The van der Waals surface area contributed by atoms with Gasteiger partial charge in [0.15, 0.2) is 5.58 Å². The first-order chi connectivity index (χ1) is 9.26. The van der Waals surface area contributed by atoms with Gasteiger partial charge in [0.2, 0.25) is 0 Å². The van der Waals surface area contributed by atoms with Crippen LogP contribution in [0.4, 0.5) is 4.39 Å². The van der Waals surface area contributed by atoms with Gasteiger partial charge in [0.05, 0.1) is 0 Å². The molecule has 4 nitrogen and oxygen atoms in total. The number of hydrogen-bond acceptors (Lipinski definition) is 4. The number of nitrogens with zero attached hydrogens (tertiary/aromatic N) is 1. The summed E-state index contributed by atoms with van der Waals surface area (Å²) in [7, 11) is 0. The molecule has 2 aromatic carbocycles. The first-order valence-corrected chi connectivity index (χ1v) is 5.78. The molecular weight excluding hydrogens is 247 g/mol. The Morgan fingerprint density at radius 2 is 2.05 bits per heavy atom. The number of fused-ring (bicyclic) bond motifs is 1. The van der Waals surface area contributed by atoms with Crippen molar-refractivity contribution in [2.24, 2.45) is 5.73 Å². The van der Waals surface area contributed by atoms with Crippen LogP contribution in [0.1, 0.15) is 5.56 Å². The molecule has 1 heterocycles. The first-order valence-electron chi connectivity index (χ1n) is 5.78. The minimum absolute atomic E-state index is 0.0844. The van der Waals surface area contributed by atoms with Gasteiger partial charge in [-0.05, 0) is 18.2 Å². The Kier molecular flexibility index (Phi) is 2.89. The maximum atomic E-state index is 13.5. The van der Waals surface area contributed by atoms with Gasteiger partial charge in [0.25, 0.3) is 0 Å². The van der Waals surface area contributed by atoms with Gasteiger partial charge in [-0.2, -0.15) is 4.98 Å². The van der Waals surface area contributed by atoms with Gasteiger partial charge in [0, 0.05) is 18.2 Å². The molecule has 0 saturated heterocycles. The van der Waals surface area contributed by atoms with E-state index >= 15 is 0 Å². The minimum atomic E-state index is -0.406. The van der Waals surface area contributed by atoms with Crippen molar-refractivity contribution < 1.29 is 13.5 Å². The largest absolute Gasteiger partial charge is 0.411 e. The fourth-order valence-corrected chi connectivity index (χ4v) is 1.75. The second-order valence-electron chi connectivity index (χ2n) is 4.01. The standard InChI is InChI=1S/C14H11FN2O2/c15-11-7-10(6-5-9(11)8-16)18-14-17-12-3-1-2-4-13(12)19-14/h1-7H,8,16H2. The number of nitrogens with two attached hydrogens (primary N) is 1. The van der Waals surface area contributed by atoms with E-state index in [0.717, 1.165) is 0 Å². The molecule has 0 radical (unpaired) electrons. The molecule has 0 saturated carbocycles. The molecular formula is C14H11FN2O2. The third-order valence-corrected chi connectivity index (χ3v) is 2.72. The second kappa shape index (κ2) is 4.70. The molecule has 0 bridgehead atoms. The zero-order valence-electron chi connectivity index (χ0n) is 9.97. The summed E-state index contributed by atoms with van der Waals surface area (Å²) in [5.74, 6) is -0.0858. The molecule has 0 aliphatic heterocycles. The molecule has 2 N–H and O–H groups in total. The quantitative estimate of drug-likeness (QED) is 0.783. The SMILES string of the molecule is NCc1ccc(Oc2nc3ccccc3o2)cc1F. The zero-order chi connectivity index (χ0) is 13.2. The van der Waals surface area contributed by atoms with E-state index in [-0.39, 0.29) is 12.6 Å². The third kappa shape index (κ3) is 2.28. The Hall–Kier alpha value is -2.40. The summed E-state index contributed by atoms with van der Waals surface area (Å²) in [6.45, 7) is 0.148. The molecule has 0 unspecified atom stereocenters. The lowest BCUT2D eigenvalue weighted by Crippen LogP contribution is -1.99. The third-order valence-electron chi connectivity index (χ3n) is 2.72. The highest BCUT2D eigenvalue weighted by Gasteiger charge is 2.09. The highest BCUT2D eigenvalue weighted by atomic mass is 19.1. The smallest absolute Gasteiger partial charge is 0.400 e. The van der Waals surface area contributed by atoms with Crippen LogP contribution in [-0.4, -0.2) is 4.98 Å². The van der Waals surface area contributed by atoms with Crippen molar-refractivity contribution in [1.82, 2.24) is 4.98 Å². The number of ether oxygens (including phenoxy) is 1. The van der Waals surface area contributed by atoms with E-state index in [1.807, 2.05) is 18.2 Å². The van der Waals surface area contributed by atoms with Crippen molar-refractivity contribution in [3.05, 3.63) is 53.8 Å². The lowest BCUT2D eigenvalue weighted by atomic mass is 10.2. The maximum Gasteiger partial charge on any atom is 0.400 e. The number of para-hydroxylation sites is 2. The number of aromatic nitrogens is 1. The molecule has 0 aliphatic carbocycles. The Labute approximate surface area is 108 Å². The highest BCUT2D eigenvalue weighted by Crippen LogP contribution is 2.26. The molecule has 0 amide bonds. The van der Waals surface area contributed by atoms with Crippen molar-refractivity contribution in [2.75, 3.05) is 0 Å². The van der Waals surface area contributed by atoms with Crippen LogP contribution in [0.3, 0.4) is 0 Å². The number of benzene rings is 2. The number of halogens is 1. The molecule has 19 heavy (non-hydrogen) atoms. The number of oxazole rings is 1. The second-order valence-corrected chi connectivity index (χ2v) is 4.01. The van der Waals surface area contributed by atoms with Crippen molar-refractivity contribution in [1.29, 1.82) is 0 Å². The van der Waals surface area contributed by atoms with Gasteiger partial charge < -0.3 is 14.9 Å². The van der Waals surface area contributed by atoms with Gasteiger partial charge >= 0.3 is 6.08 Å². The summed E-state index contributed by atoms with van der Waals surface area (Å²) in [6.07, 6.45) is 0.0844. The van der Waals surface area contributed by atoms with E-state index in [9.17, 15) is 4.39 Å². The number of hydrogen-bond donors (Lipinski definition) is 1. The van der Waals surface area contributed by atoms with Crippen LogP contribution in [0, 0.1) is 5.82 Å². The van der Waals surface area contributed by atoms with E-state index in [4.69, 9.17) is 14.9 Å². The van der Waals surface area contributed by atoms with Crippen molar-refractivity contribution in [3.8, 4) is 11.8 Å². The Morgan fingerprint density at radius 3 is 2.79 bits per heavy atom. The number of rotatable bonds is 3. The first kappa shape index (κ1) is 11.7. The Morgan fingerprint density at radius 1 is 1.21 bits per heavy atom. The van der Waals surface area contributed by atoms with Crippen LogP contribution in [0.5, 0.6) is 11.8 Å². The van der Waals surface area contributed by atoms with Crippen LogP contribution in [-0.2, 0) is 6.54 Å². The van der Waals surface area contributed by atoms with Gasteiger partial charge in [0.1, 0.15) is 17.1 Å². The molecule has 0 spiro atoms. The maximum absolute atomic E-state index is 13.5. The van der Waals surface area contributed by atoms with E-state index in [1.54, 1.807) is 18.2 Å². The van der Waals surface area contributed by atoms with Crippen LogP contribution >= 0.6 is 0 Å². The fourth-order valence-electron chi connectivity index (χ4n) is 1.75. The van der Waals surface area contributed by atoms with E-state index in [0.29, 0.717) is 22.4 Å². The molecule has 0 atom stereocenters. The summed E-state index contributed by atoms with van der Waals surface area (Å²) >= 11 is 0. The molecule has 3 rings (SSSR count). The predicted octanol–water partition coefficient (Wildman–Crippen LogP) is 3.22. The Balaban J connectivity index is 1.90. The van der Waals surface area contributed by atoms with Gasteiger partial charge in [-0.25, -0.2) is 4.39 Å². The monoisotopic (exact) mass is 258 g/mol.